The Morgan fingerprint density at radius 2 is 1.68 bits per heavy atom. The molecule has 0 bridgehead atoms. The number of carbonyl (C=O) groups is 3. The van der Waals surface area contributed by atoms with Crippen LogP contribution in [0.25, 0.3) is 0 Å². The molecule has 7 heteroatoms. The van der Waals surface area contributed by atoms with Crippen molar-refractivity contribution in [3.8, 4) is 0 Å². The Kier molecular flexibility index (Phi) is 8.07. The third-order valence-corrected chi connectivity index (χ3v) is 5.00. The Balaban J connectivity index is 1.73. The molecule has 2 rings (SSSR count). The van der Waals surface area contributed by atoms with Crippen LogP contribution in [0.2, 0.25) is 0 Å². The van der Waals surface area contributed by atoms with Crippen LogP contribution in [0.5, 0.6) is 0 Å². The highest BCUT2D eigenvalue weighted by molar-refractivity contribution is 7.99. The van der Waals surface area contributed by atoms with Crippen LogP contribution >= 0.6 is 11.8 Å². The van der Waals surface area contributed by atoms with Crippen molar-refractivity contribution in [1.29, 1.82) is 0 Å². The van der Waals surface area contributed by atoms with E-state index in [0.29, 0.717) is 17.0 Å². The van der Waals surface area contributed by atoms with Crippen LogP contribution in [-0.4, -0.2) is 49.1 Å². The lowest BCUT2D eigenvalue weighted by molar-refractivity contribution is -0.131. The van der Waals surface area contributed by atoms with E-state index < -0.39 is 0 Å². The van der Waals surface area contributed by atoms with Gasteiger partial charge in [-0.15, -0.1) is 11.8 Å². The maximum atomic E-state index is 12.2. The third kappa shape index (κ3) is 6.74. The van der Waals surface area contributed by atoms with Crippen LogP contribution in [0.15, 0.2) is 48.5 Å². The van der Waals surface area contributed by atoms with E-state index in [-0.39, 0.29) is 30.1 Å². The van der Waals surface area contributed by atoms with E-state index in [2.05, 4.69) is 10.1 Å². The van der Waals surface area contributed by atoms with Gasteiger partial charge in [0.05, 0.1) is 25.0 Å². The number of carbonyl (C=O) groups excluding carboxylic acids is 3. The summed E-state index contributed by atoms with van der Waals surface area (Å²) in [5.74, 6) is 0.183. The predicted octanol–water partition coefficient (Wildman–Crippen LogP) is 3.11. The molecule has 28 heavy (non-hydrogen) atoms. The molecule has 0 aromatic heterocycles. The van der Waals surface area contributed by atoms with Gasteiger partial charge in [0.2, 0.25) is 11.8 Å². The first-order valence-corrected chi connectivity index (χ1v) is 9.90. The second-order valence-corrected chi connectivity index (χ2v) is 7.33. The molecule has 0 saturated carbocycles. The summed E-state index contributed by atoms with van der Waals surface area (Å²) in [6, 6.07) is 14.6. The molecule has 0 heterocycles. The van der Waals surface area contributed by atoms with Crippen molar-refractivity contribution in [2.45, 2.75) is 12.7 Å². The van der Waals surface area contributed by atoms with Crippen molar-refractivity contribution in [2.24, 2.45) is 0 Å². The summed E-state index contributed by atoms with van der Waals surface area (Å²) < 4.78 is 4.66. The number of benzene rings is 2. The number of amides is 2. The van der Waals surface area contributed by atoms with Gasteiger partial charge in [-0.05, 0) is 36.8 Å². The summed E-state index contributed by atoms with van der Waals surface area (Å²) in [7, 11) is 2.96. The van der Waals surface area contributed by atoms with E-state index in [0.717, 1.165) is 11.1 Å². The van der Waals surface area contributed by atoms with Crippen molar-refractivity contribution in [3.63, 3.8) is 0 Å². The average Bonchev–Trinajstić information content (AvgIpc) is 2.69. The van der Waals surface area contributed by atoms with Crippen LogP contribution in [0.4, 0.5) is 5.69 Å². The molecule has 0 aliphatic rings. The highest BCUT2D eigenvalue weighted by Gasteiger charge is 2.13. The van der Waals surface area contributed by atoms with Crippen molar-refractivity contribution in [1.82, 2.24) is 4.90 Å². The van der Waals surface area contributed by atoms with E-state index >= 15 is 0 Å². The molecule has 0 fully saturated rings. The van der Waals surface area contributed by atoms with Crippen LogP contribution in [-0.2, 0) is 20.1 Å². The summed E-state index contributed by atoms with van der Waals surface area (Å²) in [5, 5.41) is 2.78. The quantitative estimate of drug-likeness (QED) is 0.689. The number of aryl methyl sites for hydroxylation is 1. The van der Waals surface area contributed by atoms with E-state index in [1.54, 1.807) is 19.2 Å². The number of esters is 1. The van der Waals surface area contributed by atoms with E-state index in [4.69, 9.17) is 0 Å². The molecule has 6 nitrogen and oxygen atoms in total. The van der Waals surface area contributed by atoms with Crippen LogP contribution in [0, 0.1) is 6.92 Å². The van der Waals surface area contributed by atoms with Gasteiger partial charge in [-0.1, -0.05) is 29.8 Å². The largest absolute Gasteiger partial charge is 0.465 e. The van der Waals surface area contributed by atoms with Gasteiger partial charge < -0.3 is 15.0 Å². The maximum Gasteiger partial charge on any atom is 0.337 e. The highest BCUT2D eigenvalue weighted by Crippen LogP contribution is 2.14. The van der Waals surface area contributed by atoms with Gasteiger partial charge in [0.1, 0.15) is 0 Å². The maximum absolute atomic E-state index is 12.2. The molecule has 0 spiro atoms. The average molecular weight is 401 g/mol. The summed E-state index contributed by atoms with van der Waals surface area (Å²) in [6.07, 6.45) is 0. The Morgan fingerprint density at radius 1 is 1.04 bits per heavy atom. The number of methoxy groups -OCH3 is 1. The predicted molar refractivity (Wildman–Crippen MR) is 111 cm³/mol. The van der Waals surface area contributed by atoms with Gasteiger partial charge in [-0.2, -0.15) is 0 Å². The summed E-state index contributed by atoms with van der Waals surface area (Å²) in [6.45, 7) is 1.98. The second-order valence-electron chi connectivity index (χ2n) is 6.35. The SMILES string of the molecule is COC(=O)c1ccc(CSCC(=O)N(C)CC(=O)Nc2ccc(C)cc2)cc1. The van der Waals surface area contributed by atoms with Crippen LogP contribution < -0.4 is 5.32 Å². The Morgan fingerprint density at radius 3 is 2.29 bits per heavy atom. The molecule has 0 saturated heterocycles. The zero-order valence-corrected chi connectivity index (χ0v) is 17.0. The first-order chi connectivity index (χ1) is 13.4. The molecule has 2 amide bonds. The van der Waals surface area contributed by atoms with Gasteiger partial charge in [0, 0.05) is 18.5 Å². The standard InChI is InChI=1S/C21H24N2O4S/c1-15-4-10-18(11-5-15)22-19(24)12-23(2)20(25)14-28-13-16-6-8-17(9-7-16)21(26)27-3/h4-11H,12-14H2,1-3H3,(H,22,24). The van der Waals surface area contributed by atoms with Crippen LogP contribution in [0.3, 0.4) is 0 Å². The smallest absolute Gasteiger partial charge is 0.337 e. The topological polar surface area (TPSA) is 75.7 Å². The molecule has 0 atom stereocenters. The van der Waals surface area contributed by atoms with Crippen molar-refractivity contribution < 1.29 is 19.1 Å². The van der Waals surface area contributed by atoms with E-state index in [1.807, 2.05) is 43.3 Å². The number of likely N-dealkylation sites (N-methyl/N-ethyl adjacent to an activating group) is 1. The van der Waals surface area contributed by atoms with Gasteiger partial charge >= 0.3 is 5.97 Å². The molecule has 0 unspecified atom stereocenters. The fraction of sp³-hybridized carbons (Fsp3) is 0.286. The Labute approximate surface area is 169 Å². The molecule has 2 aromatic carbocycles. The molecular weight excluding hydrogens is 376 g/mol. The molecule has 0 aliphatic heterocycles. The molecule has 0 aliphatic carbocycles. The molecule has 1 N–H and O–H groups in total. The number of hydrogen-bond donors (Lipinski definition) is 1. The molecule has 0 radical (unpaired) electrons. The summed E-state index contributed by atoms with van der Waals surface area (Å²) >= 11 is 1.46. The fourth-order valence-electron chi connectivity index (χ4n) is 2.36. The highest BCUT2D eigenvalue weighted by atomic mass is 32.2. The van der Waals surface area contributed by atoms with Gasteiger partial charge in [0.15, 0.2) is 0 Å². The van der Waals surface area contributed by atoms with Crippen molar-refractivity contribution in [3.05, 3.63) is 65.2 Å². The number of anilines is 1. The minimum Gasteiger partial charge on any atom is -0.465 e. The lowest BCUT2D eigenvalue weighted by Gasteiger charge is -2.16. The lowest BCUT2D eigenvalue weighted by atomic mass is 10.1. The van der Waals surface area contributed by atoms with Crippen molar-refractivity contribution in [2.75, 3.05) is 31.8 Å². The van der Waals surface area contributed by atoms with E-state index in [1.165, 1.54) is 23.8 Å². The number of thioether (sulfide) groups is 1. The number of ether oxygens (including phenoxy) is 1. The third-order valence-electron chi connectivity index (χ3n) is 4.01. The number of rotatable bonds is 8. The summed E-state index contributed by atoms with van der Waals surface area (Å²) in [5.41, 5.74) is 3.32. The number of nitrogens with zero attached hydrogens (tertiary/aromatic N) is 1. The molecule has 148 valence electrons. The molecule has 2 aromatic rings. The zero-order chi connectivity index (χ0) is 20.5. The van der Waals surface area contributed by atoms with Gasteiger partial charge in [0.25, 0.3) is 0 Å². The van der Waals surface area contributed by atoms with E-state index in [9.17, 15) is 14.4 Å². The Bertz CT molecular complexity index is 819. The first kappa shape index (κ1) is 21.5. The van der Waals surface area contributed by atoms with Gasteiger partial charge in [-0.25, -0.2) is 4.79 Å². The van der Waals surface area contributed by atoms with Crippen molar-refractivity contribution >= 4 is 35.2 Å². The minimum atomic E-state index is -0.375. The second kappa shape index (κ2) is 10.5. The number of nitrogens with one attached hydrogen (secondary N) is 1. The summed E-state index contributed by atoms with van der Waals surface area (Å²) in [4.78, 5) is 37.1. The normalized spacial score (nSPS) is 10.2. The Hall–Kier alpha value is -2.80. The monoisotopic (exact) mass is 400 g/mol. The fourth-order valence-corrected chi connectivity index (χ4v) is 3.29. The van der Waals surface area contributed by atoms with Gasteiger partial charge in [-0.3, -0.25) is 9.59 Å². The first-order valence-electron chi connectivity index (χ1n) is 8.74. The van der Waals surface area contributed by atoms with Crippen LogP contribution in [0.1, 0.15) is 21.5 Å². The molecular formula is C21H24N2O4S. The zero-order valence-electron chi connectivity index (χ0n) is 16.2. The lowest BCUT2D eigenvalue weighted by Crippen LogP contribution is -2.35. The number of hydrogen-bond acceptors (Lipinski definition) is 5. The minimum absolute atomic E-state index is 0.00109.